The Balaban J connectivity index is 1.38. The van der Waals surface area contributed by atoms with Crippen LogP contribution < -0.4 is 10.2 Å². The van der Waals surface area contributed by atoms with Crippen LogP contribution in [0.25, 0.3) is 11.3 Å². The lowest BCUT2D eigenvalue weighted by Gasteiger charge is -2.33. The minimum Gasteiger partial charge on any atom is -0.356 e. The predicted molar refractivity (Wildman–Crippen MR) is 106 cm³/mol. The summed E-state index contributed by atoms with van der Waals surface area (Å²) >= 11 is 0. The predicted octanol–water partition coefficient (Wildman–Crippen LogP) is 3.12. The topological polar surface area (TPSA) is 73.9 Å². The Kier molecular flexibility index (Phi) is 5.14. The molecule has 2 aromatic heterocycles. The molecule has 3 aromatic rings. The van der Waals surface area contributed by atoms with Crippen LogP contribution in [0.1, 0.15) is 23.2 Å². The van der Waals surface area contributed by atoms with Gasteiger partial charge in [-0.05, 0) is 30.9 Å². The van der Waals surface area contributed by atoms with Gasteiger partial charge in [-0.2, -0.15) is 5.10 Å². The van der Waals surface area contributed by atoms with Crippen molar-refractivity contribution in [3.05, 3.63) is 66.5 Å². The van der Waals surface area contributed by atoms with Crippen LogP contribution in [0.3, 0.4) is 0 Å². The SMILES string of the molecule is O=C(NC[C@@H]1CCCN(c2ccccn2)C1)c1cn[nH]c1-c1ccccc1. The van der Waals surface area contributed by atoms with Crippen LogP contribution >= 0.6 is 0 Å². The molecule has 1 fully saturated rings. The Morgan fingerprint density at radius 2 is 2.04 bits per heavy atom. The molecule has 2 N–H and O–H groups in total. The van der Waals surface area contributed by atoms with E-state index in [0.717, 1.165) is 43.0 Å². The average Bonchev–Trinajstić information content (AvgIpc) is 3.24. The van der Waals surface area contributed by atoms with Gasteiger partial charge in [0.2, 0.25) is 0 Å². The molecule has 0 aliphatic carbocycles. The minimum absolute atomic E-state index is 0.0856. The highest BCUT2D eigenvalue weighted by atomic mass is 16.1. The molecule has 6 nitrogen and oxygen atoms in total. The van der Waals surface area contributed by atoms with Crippen LogP contribution in [0.5, 0.6) is 0 Å². The van der Waals surface area contributed by atoms with Crippen molar-refractivity contribution in [2.75, 3.05) is 24.5 Å². The van der Waals surface area contributed by atoms with Gasteiger partial charge in [0.05, 0.1) is 17.5 Å². The molecule has 138 valence electrons. The van der Waals surface area contributed by atoms with Crippen LogP contribution in [0, 0.1) is 5.92 Å². The van der Waals surface area contributed by atoms with E-state index in [0.29, 0.717) is 18.0 Å². The van der Waals surface area contributed by atoms with Gasteiger partial charge >= 0.3 is 0 Å². The molecule has 27 heavy (non-hydrogen) atoms. The fourth-order valence-corrected chi connectivity index (χ4v) is 3.60. The average molecular weight is 361 g/mol. The second-order valence-electron chi connectivity index (χ2n) is 6.88. The number of anilines is 1. The summed E-state index contributed by atoms with van der Waals surface area (Å²) in [4.78, 5) is 19.4. The maximum absolute atomic E-state index is 12.7. The fourth-order valence-electron chi connectivity index (χ4n) is 3.60. The smallest absolute Gasteiger partial charge is 0.255 e. The summed E-state index contributed by atoms with van der Waals surface area (Å²) in [7, 11) is 0. The van der Waals surface area contributed by atoms with Gasteiger partial charge in [-0.3, -0.25) is 9.89 Å². The third kappa shape index (κ3) is 4.00. The second-order valence-corrected chi connectivity index (χ2v) is 6.88. The maximum Gasteiger partial charge on any atom is 0.255 e. The first-order chi connectivity index (χ1) is 13.3. The highest BCUT2D eigenvalue weighted by Crippen LogP contribution is 2.22. The number of rotatable bonds is 5. The number of amides is 1. The first-order valence-electron chi connectivity index (χ1n) is 9.34. The number of aromatic nitrogens is 3. The number of pyridine rings is 1. The number of nitrogens with zero attached hydrogens (tertiary/aromatic N) is 3. The first-order valence-corrected chi connectivity index (χ1v) is 9.34. The Morgan fingerprint density at radius 1 is 1.19 bits per heavy atom. The van der Waals surface area contributed by atoms with Gasteiger partial charge in [-0.15, -0.1) is 0 Å². The summed E-state index contributed by atoms with van der Waals surface area (Å²) in [5.41, 5.74) is 2.30. The third-order valence-corrected chi connectivity index (χ3v) is 4.99. The van der Waals surface area contributed by atoms with Crippen molar-refractivity contribution in [3.8, 4) is 11.3 Å². The molecule has 1 amide bonds. The normalized spacial score (nSPS) is 16.9. The van der Waals surface area contributed by atoms with Crippen LogP contribution in [-0.2, 0) is 0 Å². The molecule has 0 saturated carbocycles. The molecule has 6 heteroatoms. The van der Waals surface area contributed by atoms with E-state index in [2.05, 4.69) is 25.4 Å². The first kappa shape index (κ1) is 17.3. The zero-order valence-corrected chi connectivity index (χ0v) is 15.1. The van der Waals surface area contributed by atoms with Crippen LogP contribution in [0.15, 0.2) is 60.9 Å². The summed E-state index contributed by atoms with van der Waals surface area (Å²) < 4.78 is 0. The maximum atomic E-state index is 12.7. The molecule has 1 aromatic carbocycles. The van der Waals surface area contributed by atoms with Crippen molar-refractivity contribution in [3.63, 3.8) is 0 Å². The van der Waals surface area contributed by atoms with E-state index in [1.807, 2.05) is 54.7 Å². The van der Waals surface area contributed by atoms with Gasteiger partial charge in [-0.1, -0.05) is 36.4 Å². The number of H-pyrrole nitrogens is 1. The largest absolute Gasteiger partial charge is 0.356 e. The number of carbonyl (C=O) groups excluding carboxylic acids is 1. The molecule has 3 heterocycles. The molecule has 4 rings (SSSR count). The lowest BCUT2D eigenvalue weighted by molar-refractivity contribution is 0.0946. The quantitative estimate of drug-likeness (QED) is 0.732. The molecule has 1 aliphatic heterocycles. The molecule has 0 spiro atoms. The van der Waals surface area contributed by atoms with Gasteiger partial charge < -0.3 is 10.2 Å². The summed E-state index contributed by atoms with van der Waals surface area (Å²) in [5, 5.41) is 10.1. The summed E-state index contributed by atoms with van der Waals surface area (Å²) in [6.07, 6.45) is 5.64. The van der Waals surface area contributed by atoms with Gasteiger partial charge in [0.25, 0.3) is 5.91 Å². The van der Waals surface area contributed by atoms with Crippen LogP contribution in [-0.4, -0.2) is 40.7 Å². The number of hydrogen-bond donors (Lipinski definition) is 2. The molecular formula is C21H23N5O. The van der Waals surface area contributed by atoms with Crippen molar-refractivity contribution in [1.29, 1.82) is 0 Å². The molecule has 0 unspecified atom stereocenters. The second kappa shape index (κ2) is 8.03. The lowest BCUT2D eigenvalue weighted by atomic mass is 9.97. The third-order valence-electron chi connectivity index (χ3n) is 4.99. The van der Waals surface area contributed by atoms with E-state index in [1.54, 1.807) is 6.20 Å². The summed E-state index contributed by atoms with van der Waals surface area (Å²) in [6.45, 7) is 2.58. The number of aromatic amines is 1. The van der Waals surface area contributed by atoms with E-state index >= 15 is 0 Å². The Bertz CT molecular complexity index is 878. The van der Waals surface area contributed by atoms with E-state index in [1.165, 1.54) is 0 Å². The Hall–Kier alpha value is -3.15. The standard InChI is InChI=1S/C21H23N5O/c27-21(18-14-24-25-20(18)17-8-2-1-3-9-17)23-13-16-7-6-12-26(15-16)19-10-4-5-11-22-19/h1-5,8-11,14,16H,6-7,12-13,15H2,(H,23,27)(H,24,25)/t16-/m0/s1. The molecule has 1 aliphatic rings. The molecule has 0 bridgehead atoms. The van der Waals surface area contributed by atoms with Crippen molar-refractivity contribution in [2.45, 2.75) is 12.8 Å². The number of benzene rings is 1. The minimum atomic E-state index is -0.0856. The highest BCUT2D eigenvalue weighted by Gasteiger charge is 2.22. The van der Waals surface area contributed by atoms with E-state index in [-0.39, 0.29) is 5.91 Å². The zero-order chi connectivity index (χ0) is 18.5. The van der Waals surface area contributed by atoms with Gasteiger partial charge in [-0.25, -0.2) is 4.98 Å². The number of hydrogen-bond acceptors (Lipinski definition) is 4. The van der Waals surface area contributed by atoms with E-state index in [4.69, 9.17) is 0 Å². The van der Waals surface area contributed by atoms with Crippen molar-refractivity contribution >= 4 is 11.7 Å². The van der Waals surface area contributed by atoms with Crippen molar-refractivity contribution < 1.29 is 4.79 Å². The Morgan fingerprint density at radius 3 is 2.85 bits per heavy atom. The van der Waals surface area contributed by atoms with Crippen LogP contribution in [0.2, 0.25) is 0 Å². The monoisotopic (exact) mass is 361 g/mol. The molecule has 1 saturated heterocycles. The van der Waals surface area contributed by atoms with Crippen molar-refractivity contribution in [1.82, 2.24) is 20.5 Å². The van der Waals surface area contributed by atoms with E-state index < -0.39 is 0 Å². The van der Waals surface area contributed by atoms with Crippen molar-refractivity contribution in [2.24, 2.45) is 5.92 Å². The van der Waals surface area contributed by atoms with Gasteiger partial charge in [0, 0.05) is 31.4 Å². The fraction of sp³-hybridized carbons (Fsp3) is 0.286. The Labute approximate surface area is 158 Å². The lowest BCUT2D eigenvalue weighted by Crippen LogP contribution is -2.41. The number of nitrogens with one attached hydrogen (secondary N) is 2. The summed E-state index contributed by atoms with van der Waals surface area (Å²) in [6, 6.07) is 15.8. The molecule has 1 atom stereocenters. The van der Waals surface area contributed by atoms with Gasteiger partial charge in [0.1, 0.15) is 5.82 Å². The summed E-state index contributed by atoms with van der Waals surface area (Å²) in [5.74, 6) is 1.34. The van der Waals surface area contributed by atoms with Gasteiger partial charge in [0.15, 0.2) is 0 Å². The molecule has 0 radical (unpaired) electrons. The van der Waals surface area contributed by atoms with Crippen LogP contribution in [0.4, 0.5) is 5.82 Å². The number of piperidine rings is 1. The molecular weight excluding hydrogens is 338 g/mol. The highest BCUT2D eigenvalue weighted by molar-refractivity contribution is 5.99. The van der Waals surface area contributed by atoms with E-state index in [9.17, 15) is 4.79 Å². The number of carbonyl (C=O) groups is 1. The zero-order valence-electron chi connectivity index (χ0n) is 15.1.